The summed E-state index contributed by atoms with van der Waals surface area (Å²) >= 11 is 0. The quantitative estimate of drug-likeness (QED) is 0.0243. The third kappa shape index (κ3) is 67.4. The van der Waals surface area contributed by atoms with E-state index in [1.54, 1.807) is 6.08 Å². The zero-order chi connectivity index (χ0) is 62.6. The van der Waals surface area contributed by atoms with Crippen molar-refractivity contribution < 1.29 is 32.9 Å². The summed E-state index contributed by atoms with van der Waals surface area (Å²) in [5, 5.41) is 13.9. The van der Waals surface area contributed by atoms with Crippen LogP contribution in [0.3, 0.4) is 0 Å². The second kappa shape index (κ2) is 65.3. The lowest BCUT2D eigenvalue weighted by Crippen LogP contribution is -2.45. The van der Waals surface area contributed by atoms with Crippen LogP contribution in [0.1, 0.15) is 258 Å². The van der Waals surface area contributed by atoms with E-state index in [1.807, 2.05) is 27.2 Å². The Hall–Kier alpha value is -4.14. The zero-order valence-corrected chi connectivity index (χ0v) is 56.6. The number of allylic oxidation sites excluding steroid dienone is 27. The number of carbonyl (C=O) groups is 1. The van der Waals surface area contributed by atoms with Gasteiger partial charge in [0.25, 0.3) is 0 Å². The van der Waals surface area contributed by atoms with Crippen LogP contribution in [0.25, 0.3) is 0 Å². The van der Waals surface area contributed by atoms with Crippen molar-refractivity contribution in [2.24, 2.45) is 0 Å². The minimum absolute atomic E-state index is 0.0420. The largest absolute Gasteiger partial charge is 0.472 e. The van der Waals surface area contributed by atoms with Gasteiger partial charge in [-0.2, -0.15) is 0 Å². The highest BCUT2D eigenvalue weighted by atomic mass is 31.2. The Morgan fingerprint density at radius 1 is 0.407 bits per heavy atom. The average Bonchev–Trinajstić information content (AvgIpc) is 3.70. The lowest BCUT2D eigenvalue weighted by molar-refractivity contribution is -0.870. The molecule has 0 aromatic heterocycles. The third-order valence-corrected chi connectivity index (χ3v) is 15.4. The van der Waals surface area contributed by atoms with Gasteiger partial charge in [-0.1, -0.05) is 300 Å². The van der Waals surface area contributed by atoms with Crippen LogP contribution >= 0.6 is 7.82 Å². The summed E-state index contributed by atoms with van der Waals surface area (Å²) in [4.78, 5) is 23.4. The molecule has 3 N–H and O–H groups in total. The molecule has 0 aromatic rings. The number of nitrogens with one attached hydrogen (secondary N) is 1. The molecule has 0 spiro atoms. The Kier molecular flexibility index (Phi) is 62.2. The van der Waals surface area contributed by atoms with Gasteiger partial charge in [-0.3, -0.25) is 13.8 Å². The predicted molar refractivity (Wildman–Crippen MR) is 377 cm³/mol. The number of aliphatic hydroxyl groups is 1. The molecule has 0 aliphatic carbocycles. The molecule has 1 amide bonds. The predicted octanol–water partition coefficient (Wildman–Crippen LogP) is 22.3. The van der Waals surface area contributed by atoms with Crippen LogP contribution in [-0.2, 0) is 18.4 Å². The molecule has 0 fully saturated rings. The standard InChI is InChI=1S/C77H129N2O6P/c1-6-8-10-12-14-16-18-20-22-24-26-28-30-31-32-33-34-35-36-37-38-39-40-41-42-43-44-45-46-47-49-51-53-55-57-59-61-63-65-67-69-71-77(81)78-75(74-85-86(82,83)84-73-72-79(3,4)5)76(80)70-68-66-64-62-60-58-56-54-52-50-48-29-27-25-23-21-19-17-15-13-11-9-7-2/h8,10,14,16,20,22,26,28,31-32,34-35,37-38,40-41,43-44,46-47,51,53,57,59-60,62,68,70,75-76,80H,6-7,9,11-13,15,17-19,21,23-25,27,29-30,33,36,39,42,45,48-50,52,54-56,58,61,63-67,69,71-74H2,1-5H3,(H-,78,81,82,83)/p+1/b10-8-,16-14-,22-20-,28-26-,32-31-,35-34-,38-37-,41-40-,44-43-,47-46-,53-51-,59-57-,62-60+,70-68+. The number of nitrogens with zero attached hydrogens (tertiary/aromatic N) is 1. The summed E-state index contributed by atoms with van der Waals surface area (Å²) < 4.78 is 23.7. The van der Waals surface area contributed by atoms with Crippen molar-refractivity contribution >= 4 is 13.7 Å². The summed E-state index contributed by atoms with van der Waals surface area (Å²) in [5.41, 5.74) is 0. The first-order valence-electron chi connectivity index (χ1n) is 34.5. The number of quaternary nitrogens is 1. The van der Waals surface area contributed by atoms with Crippen LogP contribution in [0.4, 0.5) is 0 Å². The molecule has 3 unspecified atom stereocenters. The van der Waals surface area contributed by atoms with Gasteiger partial charge in [0.1, 0.15) is 13.2 Å². The first-order valence-corrected chi connectivity index (χ1v) is 36.0. The summed E-state index contributed by atoms with van der Waals surface area (Å²) in [6, 6.07) is -0.891. The number of amides is 1. The van der Waals surface area contributed by atoms with Crippen LogP contribution in [0, 0.1) is 0 Å². The highest BCUT2D eigenvalue weighted by molar-refractivity contribution is 7.47. The summed E-state index contributed by atoms with van der Waals surface area (Å²) in [5.74, 6) is -0.216. The molecule has 0 radical (unpaired) electrons. The smallest absolute Gasteiger partial charge is 0.387 e. The number of aliphatic hydroxyl groups excluding tert-OH is 1. The van der Waals surface area contributed by atoms with Gasteiger partial charge in [0.15, 0.2) is 0 Å². The molecular formula is C77H130N2O6P+. The Morgan fingerprint density at radius 3 is 1.07 bits per heavy atom. The highest BCUT2D eigenvalue weighted by Gasteiger charge is 2.27. The van der Waals surface area contributed by atoms with Gasteiger partial charge in [0.05, 0.1) is 39.9 Å². The fraction of sp³-hybridized carbons (Fsp3) is 0.623. The average molecular weight is 1210 g/mol. The van der Waals surface area contributed by atoms with Gasteiger partial charge in [-0.25, -0.2) is 4.57 Å². The molecule has 488 valence electrons. The van der Waals surface area contributed by atoms with Crippen molar-refractivity contribution in [3.63, 3.8) is 0 Å². The Bertz CT molecular complexity index is 2010. The summed E-state index contributed by atoms with van der Waals surface area (Å²) in [6.45, 7) is 4.66. The first-order chi connectivity index (χ1) is 42.0. The normalized spacial score (nSPS) is 14.7. The fourth-order valence-electron chi connectivity index (χ4n) is 9.10. The van der Waals surface area contributed by atoms with E-state index in [-0.39, 0.29) is 19.1 Å². The van der Waals surface area contributed by atoms with Crippen molar-refractivity contribution in [3.8, 4) is 0 Å². The van der Waals surface area contributed by atoms with Crippen LogP contribution < -0.4 is 5.32 Å². The first kappa shape index (κ1) is 81.9. The maximum absolute atomic E-state index is 13.0. The molecule has 0 saturated heterocycles. The van der Waals surface area contributed by atoms with E-state index in [0.29, 0.717) is 17.4 Å². The van der Waals surface area contributed by atoms with E-state index in [2.05, 4.69) is 177 Å². The van der Waals surface area contributed by atoms with Crippen molar-refractivity contribution in [2.75, 3.05) is 40.9 Å². The molecular weight excluding hydrogens is 1080 g/mol. The van der Waals surface area contributed by atoms with Gasteiger partial charge in [-0.15, -0.1) is 0 Å². The number of unbranched alkanes of at least 4 members (excludes halogenated alkanes) is 22. The van der Waals surface area contributed by atoms with Crippen molar-refractivity contribution in [1.29, 1.82) is 0 Å². The maximum atomic E-state index is 13.0. The number of hydrogen-bond acceptors (Lipinski definition) is 5. The van der Waals surface area contributed by atoms with Crippen LogP contribution in [0.5, 0.6) is 0 Å². The van der Waals surface area contributed by atoms with E-state index < -0.39 is 20.0 Å². The number of likely N-dealkylation sites (N-methyl/N-ethyl adjacent to an activating group) is 1. The van der Waals surface area contributed by atoms with Crippen LogP contribution in [-0.4, -0.2) is 73.4 Å². The number of carbonyl (C=O) groups excluding carboxylic acids is 1. The lowest BCUT2D eigenvalue weighted by atomic mass is 10.0. The molecule has 3 atom stereocenters. The zero-order valence-electron chi connectivity index (χ0n) is 55.7. The van der Waals surface area contributed by atoms with E-state index in [4.69, 9.17) is 9.05 Å². The minimum atomic E-state index is -4.38. The Labute approximate surface area is 530 Å². The molecule has 0 saturated carbocycles. The van der Waals surface area contributed by atoms with Gasteiger partial charge >= 0.3 is 7.82 Å². The SMILES string of the molecule is CC/C=C\C/C=C\C/C=C\C/C=C\C/C=C\C/C=C\C/C=C\C/C=C\C/C=C\C/C=C\C/C=C\C/C=C\CCCCCCC(=O)NC(COP(=O)(O)OCC[N+](C)(C)C)C(O)/C=C/CC/C=C/CCCCCCCCCCCCCCCCCCC. The monoisotopic (exact) mass is 1210 g/mol. The van der Waals surface area contributed by atoms with E-state index >= 15 is 0 Å². The second-order valence-electron chi connectivity index (χ2n) is 23.8. The summed E-state index contributed by atoms with van der Waals surface area (Å²) in [7, 11) is 1.52. The third-order valence-electron chi connectivity index (χ3n) is 14.4. The number of hydrogen-bond donors (Lipinski definition) is 3. The number of phosphoric ester groups is 1. The Balaban J connectivity index is 4.25. The van der Waals surface area contributed by atoms with Gasteiger partial charge in [-0.05, 0) is 122 Å². The molecule has 0 bridgehead atoms. The topological polar surface area (TPSA) is 105 Å². The number of rotatable bonds is 61. The van der Waals surface area contributed by atoms with E-state index in [1.165, 1.54) is 109 Å². The van der Waals surface area contributed by atoms with Crippen LogP contribution in [0.15, 0.2) is 170 Å². The van der Waals surface area contributed by atoms with Crippen molar-refractivity contribution in [1.82, 2.24) is 5.32 Å². The summed E-state index contributed by atoms with van der Waals surface area (Å²) in [6.07, 6.45) is 103. The lowest BCUT2D eigenvalue weighted by Gasteiger charge is -2.25. The molecule has 0 aliphatic rings. The van der Waals surface area contributed by atoms with E-state index in [0.717, 1.165) is 128 Å². The molecule has 0 rings (SSSR count). The number of phosphoric acid groups is 1. The molecule has 0 aliphatic heterocycles. The van der Waals surface area contributed by atoms with Crippen molar-refractivity contribution in [2.45, 2.75) is 270 Å². The van der Waals surface area contributed by atoms with E-state index in [9.17, 15) is 19.4 Å². The molecule has 86 heavy (non-hydrogen) atoms. The highest BCUT2D eigenvalue weighted by Crippen LogP contribution is 2.43. The van der Waals surface area contributed by atoms with Gasteiger partial charge in [0.2, 0.25) is 5.91 Å². The van der Waals surface area contributed by atoms with Crippen molar-refractivity contribution in [3.05, 3.63) is 170 Å². The molecule has 0 heterocycles. The minimum Gasteiger partial charge on any atom is -0.387 e. The maximum Gasteiger partial charge on any atom is 0.472 e. The van der Waals surface area contributed by atoms with Gasteiger partial charge in [0, 0.05) is 6.42 Å². The van der Waals surface area contributed by atoms with Crippen LogP contribution in [0.2, 0.25) is 0 Å². The second-order valence-corrected chi connectivity index (χ2v) is 25.3. The molecule has 0 aromatic carbocycles. The Morgan fingerprint density at radius 2 is 0.709 bits per heavy atom. The van der Waals surface area contributed by atoms with Gasteiger partial charge < -0.3 is 19.8 Å². The fourth-order valence-corrected chi connectivity index (χ4v) is 9.83. The molecule has 8 nitrogen and oxygen atoms in total. The molecule has 9 heteroatoms.